The number of aromatic nitrogens is 2. The Balaban J connectivity index is 1.90. The minimum absolute atomic E-state index is 0.108. The monoisotopic (exact) mass is 262 g/mol. The Bertz CT molecular complexity index is 401. The van der Waals surface area contributed by atoms with Crippen LogP contribution in [-0.2, 0) is 24.2 Å². The number of alkyl halides is 3. The molecule has 1 atom stereocenters. The zero-order valence-corrected chi connectivity index (χ0v) is 10.3. The highest BCUT2D eigenvalue weighted by atomic mass is 19.4. The van der Waals surface area contributed by atoms with Crippen LogP contribution in [0.4, 0.5) is 13.2 Å². The molecule has 102 valence electrons. The summed E-state index contributed by atoms with van der Waals surface area (Å²) in [5.41, 5.74) is 2.06. The number of imidazole rings is 1. The van der Waals surface area contributed by atoms with Crippen LogP contribution in [0, 0.1) is 5.92 Å². The fourth-order valence-electron chi connectivity index (χ4n) is 2.29. The molecule has 1 aromatic heterocycles. The van der Waals surface area contributed by atoms with Crippen molar-refractivity contribution < 1.29 is 17.9 Å². The van der Waals surface area contributed by atoms with Crippen molar-refractivity contribution in [2.24, 2.45) is 5.92 Å². The topological polar surface area (TPSA) is 37.9 Å². The fourth-order valence-corrected chi connectivity index (χ4v) is 2.29. The molecule has 0 fully saturated rings. The molecule has 0 saturated heterocycles. The van der Waals surface area contributed by atoms with Crippen molar-refractivity contribution in [1.82, 2.24) is 9.97 Å². The van der Waals surface area contributed by atoms with Gasteiger partial charge in [-0.25, -0.2) is 4.98 Å². The Morgan fingerprint density at radius 3 is 2.89 bits per heavy atom. The van der Waals surface area contributed by atoms with Crippen LogP contribution in [0.2, 0.25) is 0 Å². The maximum Gasteiger partial charge on any atom is 0.411 e. The van der Waals surface area contributed by atoms with E-state index in [0.717, 1.165) is 37.1 Å². The van der Waals surface area contributed by atoms with Crippen LogP contribution in [0.3, 0.4) is 0 Å². The second kappa shape index (κ2) is 5.30. The first-order valence-corrected chi connectivity index (χ1v) is 6.19. The lowest BCUT2D eigenvalue weighted by Crippen LogP contribution is -2.17. The molecule has 1 aliphatic rings. The number of hydrogen-bond donors (Lipinski definition) is 1. The van der Waals surface area contributed by atoms with E-state index in [1.807, 2.05) is 0 Å². The van der Waals surface area contributed by atoms with Gasteiger partial charge in [0.2, 0.25) is 0 Å². The number of hydrogen-bond acceptors (Lipinski definition) is 2. The lowest BCUT2D eigenvalue weighted by atomic mass is 9.88. The molecule has 0 saturated carbocycles. The Labute approximate surface area is 104 Å². The molecular formula is C12H17F3N2O. The zero-order valence-electron chi connectivity index (χ0n) is 10.3. The van der Waals surface area contributed by atoms with Gasteiger partial charge in [-0.1, -0.05) is 13.3 Å². The highest BCUT2D eigenvalue weighted by Gasteiger charge is 2.28. The van der Waals surface area contributed by atoms with Gasteiger partial charge in [-0.15, -0.1) is 0 Å². The number of fused-ring (bicyclic) bond motifs is 1. The van der Waals surface area contributed by atoms with Gasteiger partial charge >= 0.3 is 6.18 Å². The van der Waals surface area contributed by atoms with Gasteiger partial charge in [0.15, 0.2) is 0 Å². The molecule has 0 aromatic carbocycles. The van der Waals surface area contributed by atoms with Crippen LogP contribution in [0.25, 0.3) is 0 Å². The van der Waals surface area contributed by atoms with Crippen LogP contribution in [-0.4, -0.2) is 22.8 Å². The zero-order chi connectivity index (χ0) is 13.2. The molecule has 2 rings (SSSR count). The number of aromatic amines is 1. The molecule has 0 amide bonds. The molecule has 3 nitrogen and oxygen atoms in total. The van der Waals surface area contributed by atoms with Crippen LogP contribution < -0.4 is 0 Å². The van der Waals surface area contributed by atoms with E-state index in [9.17, 15) is 13.2 Å². The van der Waals surface area contributed by atoms with Crippen LogP contribution in [0.1, 0.15) is 37.0 Å². The summed E-state index contributed by atoms with van der Waals surface area (Å²) in [4.78, 5) is 7.37. The molecule has 1 aliphatic carbocycles. The van der Waals surface area contributed by atoms with Gasteiger partial charge in [0, 0.05) is 5.69 Å². The van der Waals surface area contributed by atoms with Gasteiger partial charge in [-0.05, 0) is 25.2 Å². The summed E-state index contributed by atoms with van der Waals surface area (Å²) >= 11 is 0. The van der Waals surface area contributed by atoms with Crippen LogP contribution >= 0.6 is 0 Å². The molecule has 1 unspecified atom stereocenters. The lowest BCUT2D eigenvalue weighted by molar-refractivity contribution is -0.177. The second-order valence-electron chi connectivity index (χ2n) is 4.73. The van der Waals surface area contributed by atoms with E-state index >= 15 is 0 Å². The third kappa shape index (κ3) is 3.48. The molecular weight excluding hydrogens is 245 g/mol. The van der Waals surface area contributed by atoms with E-state index in [1.165, 1.54) is 0 Å². The molecule has 18 heavy (non-hydrogen) atoms. The van der Waals surface area contributed by atoms with E-state index in [-0.39, 0.29) is 6.61 Å². The molecule has 1 N–H and O–H groups in total. The highest BCUT2D eigenvalue weighted by molar-refractivity contribution is 5.18. The molecule has 1 aromatic rings. The summed E-state index contributed by atoms with van der Waals surface area (Å²) in [6.45, 7) is 0.818. The Morgan fingerprint density at radius 1 is 1.44 bits per heavy atom. The summed E-state index contributed by atoms with van der Waals surface area (Å²) in [7, 11) is 0. The number of nitrogens with zero attached hydrogens (tertiary/aromatic N) is 1. The first-order chi connectivity index (χ1) is 8.48. The van der Waals surface area contributed by atoms with Gasteiger partial charge in [0.1, 0.15) is 19.0 Å². The Hall–Kier alpha value is -1.04. The average molecular weight is 262 g/mol. The minimum atomic E-state index is -4.28. The standard InChI is InChI=1S/C12H17F3N2O/c1-2-8-3-4-9-10(5-8)17-11(16-9)6-18-7-12(13,14)15/h8H,2-7H2,1H3,(H,16,17). The number of H-pyrrole nitrogens is 1. The fraction of sp³-hybridized carbons (Fsp3) is 0.750. The number of ether oxygens (including phenoxy) is 1. The van der Waals surface area contributed by atoms with Crippen molar-refractivity contribution in [3.63, 3.8) is 0 Å². The van der Waals surface area contributed by atoms with Crippen molar-refractivity contribution in [3.8, 4) is 0 Å². The highest BCUT2D eigenvalue weighted by Crippen LogP contribution is 2.26. The van der Waals surface area contributed by atoms with Crippen LogP contribution in [0.15, 0.2) is 0 Å². The van der Waals surface area contributed by atoms with Crippen molar-refractivity contribution in [2.75, 3.05) is 6.61 Å². The summed E-state index contributed by atoms with van der Waals surface area (Å²) in [6, 6.07) is 0. The van der Waals surface area contributed by atoms with E-state index in [2.05, 4.69) is 21.6 Å². The molecule has 0 aliphatic heterocycles. The summed E-state index contributed by atoms with van der Waals surface area (Å²) < 4.78 is 40.4. The van der Waals surface area contributed by atoms with Crippen molar-refractivity contribution in [1.29, 1.82) is 0 Å². The quantitative estimate of drug-likeness (QED) is 0.905. The SMILES string of the molecule is CCC1CCc2nc(COCC(F)(F)F)[nH]c2C1. The van der Waals surface area contributed by atoms with Gasteiger partial charge in [0.05, 0.1) is 5.69 Å². The average Bonchev–Trinajstić information content (AvgIpc) is 2.68. The predicted octanol–water partition coefficient (Wildman–Crippen LogP) is 3.00. The maximum atomic E-state index is 11.9. The minimum Gasteiger partial charge on any atom is -0.364 e. The first kappa shape index (κ1) is 13.4. The molecule has 6 heteroatoms. The molecule has 1 heterocycles. The van der Waals surface area contributed by atoms with Crippen molar-refractivity contribution in [3.05, 3.63) is 17.2 Å². The number of rotatable bonds is 4. The number of aryl methyl sites for hydroxylation is 1. The van der Waals surface area contributed by atoms with E-state index < -0.39 is 12.8 Å². The Morgan fingerprint density at radius 2 is 2.22 bits per heavy atom. The lowest BCUT2D eigenvalue weighted by Gasteiger charge is -2.19. The summed E-state index contributed by atoms with van der Waals surface area (Å²) in [5, 5.41) is 0. The van der Waals surface area contributed by atoms with E-state index in [1.54, 1.807) is 0 Å². The smallest absolute Gasteiger partial charge is 0.364 e. The normalized spacial score (nSPS) is 19.9. The molecule has 0 spiro atoms. The van der Waals surface area contributed by atoms with Crippen molar-refractivity contribution in [2.45, 2.75) is 45.4 Å². The predicted molar refractivity (Wildman–Crippen MR) is 60.1 cm³/mol. The molecule has 0 radical (unpaired) electrons. The Kier molecular flexibility index (Phi) is 3.94. The maximum absolute atomic E-state index is 11.9. The van der Waals surface area contributed by atoms with Gasteiger partial charge in [0.25, 0.3) is 0 Å². The largest absolute Gasteiger partial charge is 0.411 e. The van der Waals surface area contributed by atoms with Gasteiger partial charge in [-0.2, -0.15) is 13.2 Å². The summed E-state index contributed by atoms with van der Waals surface area (Å²) in [6.07, 6.45) is -0.198. The first-order valence-electron chi connectivity index (χ1n) is 6.19. The third-order valence-electron chi connectivity index (χ3n) is 3.28. The third-order valence-corrected chi connectivity index (χ3v) is 3.28. The molecule has 0 bridgehead atoms. The van der Waals surface area contributed by atoms with Gasteiger partial charge < -0.3 is 9.72 Å². The van der Waals surface area contributed by atoms with Crippen LogP contribution in [0.5, 0.6) is 0 Å². The number of halogens is 3. The van der Waals surface area contributed by atoms with E-state index in [0.29, 0.717) is 11.7 Å². The summed E-state index contributed by atoms with van der Waals surface area (Å²) in [5.74, 6) is 1.16. The van der Waals surface area contributed by atoms with E-state index in [4.69, 9.17) is 0 Å². The second-order valence-corrected chi connectivity index (χ2v) is 4.73. The number of nitrogens with one attached hydrogen (secondary N) is 1. The van der Waals surface area contributed by atoms with Crippen molar-refractivity contribution >= 4 is 0 Å². The van der Waals surface area contributed by atoms with Gasteiger partial charge in [-0.3, -0.25) is 0 Å².